The van der Waals surface area contributed by atoms with Crippen LogP contribution >= 0.6 is 0 Å². The lowest BCUT2D eigenvalue weighted by atomic mass is 10.1. The lowest BCUT2D eigenvalue weighted by molar-refractivity contribution is 0.0601. The van der Waals surface area contributed by atoms with Gasteiger partial charge in [0.2, 0.25) is 5.95 Å². The zero-order valence-corrected chi connectivity index (χ0v) is 13.2. The molecule has 0 aliphatic rings. The van der Waals surface area contributed by atoms with Crippen molar-refractivity contribution in [2.45, 2.75) is 6.42 Å². The molecule has 0 aliphatic heterocycles. The third kappa shape index (κ3) is 3.18. The molecule has 118 valence electrons. The Morgan fingerprint density at radius 3 is 2.74 bits per heavy atom. The smallest absolute Gasteiger partial charge is 0.337 e. The van der Waals surface area contributed by atoms with Crippen LogP contribution in [0.25, 0.3) is 11.0 Å². The van der Waals surface area contributed by atoms with E-state index in [0.29, 0.717) is 5.56 Å². The fourth-order valence-corrected chi connectivity index (χ4v) is 2.57. The summed E-state index contributed by atoms with van der Waals surface area (Å²) in [4.78, 5) is 16.2. The van der Waals surface area contributed by atoms with Crippen molar-refractivity contribution in [2.24, 2.45) is 7.05 Å². The van der Waals surface area contributed by atoms with Gasteiger partial charge in [0, 0.05) is 13.6 Å². The SMILES string of the molecule is COC(=O)c1ccc2c(c1)nc(NCCc1ccccc1)n2C. The van der Waals surface area contributed by atoms with E-state index in [-0.39, 0.29) is 5.97 Å². The molecule has 0 bridgehead atoms. The number of carbonyl (C=O) groups is 1. The number of ether oxygens (including phenoxy) is 1. The average molecular weight is 309 g/mol. The Labute approximate surface area is 134 Å². The minimum absolute atomic E-state index is 0.351. The third-order valence-corrected chi connectivity index (χ3v) is 3.84. The van der Waals surface area contributed by atoms with Gasteiger partial charge in [0.15, 0.2) is 0 Å². The number of fused-ring (bicyclic) bond motifs is 1. The van der Waals surface area contributed by atoms with Crippen LogP contribution in [0.3, 0.4) is 0 Å². The molecular weight excluding hydrogens is 290 g/mol. The van der Waals surface area contributed by atoms with Gasteiger partial charge in [-0.2, -0.15) is 0 Å². The number of imidazole rings is 1. The van der Waals surface area contributed by atoms with Crippen LogP contribution in [0.1, 0.15) is 15.9 Å². The molecule has 5 nitrogen and oxygen atoms in total. The second kappa shape index (κ2) is 6.52. The van der Waals surface area contributed by atoms with Gasteiger partial charge in [-0.05, 0) is 30.2 Å². The molecule has 3 aromatic rings. The van der Waals surface area contributed by atoms with E-state index < -0.39 is 0 Å². The molecule has 0 spiro atoms. The average Bonchev–Trinajstić information content (AvgIpc) is 2.90. The first-order chi connectivity index (χ1) is 11.2. The molecule has 0 fully saturated rings. The van der Waals surface area contributed by atoms with Gasteiger partial charge >= 0.3 is 5.97 Å². The molecule has 0 saturated carbocycles. The fourth-order valence-electron chi connectivity index (χ4n) is 2.57. The molecule has 0 unspecified atom stereocenters. The Balaban J connectivity index is 1.76. The maximum Gasteiger partial charge on any atom is 0.337 e. The molecule has 1 aromatic heterocycles. The molecule has 1 heterocycles. The van der Waals surface area contributed by atoms with E-state index in [1.165, 1.54) is 12.7 Å². The van der Waals surface area contributed by atoms with Crippen LogP contribution in [0.5, 0.6) is 0 Å². The van der Waals surface area contributed by atoms with Crippen LogP contribution < -0.4 is 5.32 Å². The number of aryl methyl sites for hydroxylation is 1. The van der Waals surface area contributed by atoms with Gasteiger partial charge in [-0.15, -0.1) is 0 Å². The normalized spacial score (nSPS) is 10.7. The first kappa shape index (κ1) is 15.1. The first-order valence-corrected chi connectivity index (χ1v) is 7.51. The highest BCUT2D eigenvalue weighted by Crippen LogP contribution is 2.20. The Morgan fingerprint density at radius 1 is 1.22 bits per heavy atom. The molecule has 5 heteroatoms. The van der Waals surface area contributed by atoms with Crippen LogP contribution in [-0.4, -0.2) is 29.2 Å². The van der Waals surface area contributed by atoms with Crippen LogP contribution in [-0.2, 0) is 18.2 Å². The van der Waals surface area contributed by atoms with E-state index in [1.807, 2.05) is 35.9 Å². The molecule has 3 rings (SSSR count). The topological polar surface area (TPSA) is 56.1 Å². The minimum Gasteiger partial charge on any atom is -0.465 e. The van der Waals surface area contributed by atoms with Gasteiger partial charge < -0.3 is 14.6 Å². The number of hydrogen-bond donors (Lipinski definition) is 1. The van der Waals surface area contributed by atoms with Crippen molar-refractivity contribution in [1.82, 2.24) is 9.55 Å². The van der Waals surface area contributed by atoms with E-state index >= 15 is 0 Å². The highest BCUT2D eigenvalue weighted by molar-refractivity contribution is 5.94. The maximum atomic E-state index is 11.6. The first-order valence-electron chi connectivity index (χ1n) is 7.51. The zero-order valence-electron chi connectivity index (χ0n) is 13.2. The molecular formula is C18H19N3O2. The molecule has 0 radical (unpaired) electrons. The van der Waals surface area contributed by atoms with Gasteiger partial charge in [-0.25, -0.2) is 9.78 Å². The summed E-state index contributed by atoms with van der Waals surface area (Å²) in [7, 11) is 3.33. The molecule has 0 aliphatic carbocycles. The summed E-state index contributed by atoms with van der Waals surface area (Å²) >= 11 is 0. The van der Waals surface area contributed by atoms with Gasteiger partial charge in [0.1, 0.15) is 0 Å². The highest BCUT2D eigenvalue weighted by atomic mass is 16.5. The van der Waals surface area contributed by atoms with E-state index in [1.54, 1.807) is 12.1 Å². The van der Waals surface area contributed by atoms with E-state index in [4.69, 9.17) is 4.74 Å². The van der Waals surface area contributed by atoms with Crippen LogP contribution in [0.15, 0.2) is 48.5 Å². The van der Waals surface area contributed by atoms with E-state index in [2.05, 4.69) is 22.4 Å². The predicted molar refractivity (Wildman–Crippen MR) is 90.7 cm³/mol. The summed E-state index contributed by atoms with van der Waals surface area (Å²) in [5, 5.41) is 3.35. The molecule has 23 heavy (non-hydrogen) atoms. The summed E-state index contributed by atoms with van der Waals surface area (Å²) in [6.07, 6.45) is 0.928. The minimum atomic E-state index is -0.351. The second-order valence-corrected chi connectivity index (χ2v) is 5.35. The number of hydrogen-bond acceptors (Lipinski definition) is 4. The van der Waals surface area contributed by atoms with Gasteiger partial charge in [0.05, 0.1) is 23.7 Å². The number of benzene rings is 2. The molecule has 2 aromatic carbocycles. The molecule has 0 amide bonds. The lowest BCUT2D eigenvalue weighted by Gasteiger charge is -2.06. The third-order valence-electron chi connectivity index (χ3n) is 3.84. The maximum absolute atomic E-state index is 11.6. The molecule has 0 saturated heterocycles. The predicted octanol–water partition coefficient (Wildman–Crippen LogP) is 3.01. The number of nitrogens with zero attached hydrogens (tertiary/aromatic N) is 2. The quantitative estimate of drug-likeness (QED) is 0.736. The summed E-state index contributed by atoms with van der Waals surface area (Å²) in [6.45, 7) is 0.797. The number of nitrogens with one attached hydrogen (secondary N) is 1. The van der Waals surface area contributed by atoms with Crippen molar-refractivity contribution in [1.29, 1.82) is 0 Å². The Morgan fingerprint density at radius 2 is 2.00 bits per heavy atom. The van der Waals surface area contributed by atoms with Crippen molar-refractivity contribution < 1.29 is 9.53 Å². The Hall–Kier alpha value is -2.82. The van der Waals surface area contributed by atoms with Crippen molar-refractivity contribution >= 4 is 23.0 Å². The van der Waals surface area contributed by atoms with Crippen molar-refractivity contribution in [3.8, 4) is 0 Å². The summed E-state index contributed by atoms with van der Waals surface area (Å²) in [6, 6.07) is 15.7. The number of carbonyl (C=O) groups excluding carboxylic acids is 1. The Kier molecular flexibility index (Phi) is 4.28. The second-order valence-electron chi connectivity index (χ2n) is 5.35. The number of anilines is 1. The van der Waals surface area contributed by atoms with Crippen LogP contribution in [0.4, 0.5) is 5.95 Å². The van der Waals surface area contributed by atoms with Crippen LogP contribution in [0, 0.1) is 0 Å². The summed E-state index contributed by atoms with van der Waals surface area (Å²) < 4.78 is 6.73. The van der Waals surface area contributed by atoms with E-state index in [9.17, 15) is 4.79 Å². The molecule has 0 atom stereocenters. The standard InChI is InChI=1S/C18H19N3O2/c1-21-16-9-8-14(17(22)23-2)12-15(16)20-18(21)19-11-10-13-6-4-3-5-7-13/h3-9,12H,10-11H2,1-2H3,(H,19,20). The van der Waals surface area contributed by atoms with E-state index in [0.717, 1.165) is 29.9 Å². The largest absolute Gasteiger partial charge is 0.465 e. The molecule has 1 N–H and O–H groups in total. The van der Waals surface area contributed by atoms with Crippen molar-refractivity contribution in [3.63, 3.8) is 0 Å². The van der Waals surface area contributed by atoms with Gasteiger partial charge in [-0.3, -0.25) is 0 Å². The zero-order chi connectivity index (χ0) is 16.2. The van der Waals surface area contributed by atoms with Gasteiger partial charge in [-0.1, -0.05) is 30.3 Å². The number of aromatic nitrogens is 2. The van der Waals surface area contributed by atoms with Gasteiger partial charge in [0.25, 0.3) is 0 Å². The van der Waals surface area contributed by atoms with Crippen molar-refractivity contribution in [2.75, 3.05) is 19.0 Å². The number of rotatable bonds is 5. The number of methoxy groups -OCH3 is 1. The Bertz CT molecular complexity index is 825. The fraction of sp³-hybridized carbons (Fsp3) is 0.222. The summed E-state index contributed by atoms with van der Waals surface area (Å²) in [5.74, 6) is 0.439. The monoisotopic (exact) mass is 309 g/mol. The summed E-state index contributed by atoms with van der Waals surface area (Å²) in [5.41, 5.74) is 3.54. The van der Waals surface area contributed by atoms with Crippen molar-refractivity contribution in [3.05, 3.63) is 59.7 Å². The van der Waals surface area contributed by atoms with Crippen LogP contribution in [0.2, 0.25) is 0 Å². The lowest BCUT2D eigenvalue weighted by Crippen LogP contribution is -2.08. The highest BCUT2D eigenvalue weighted by Gasteiger charge is 2.11. The number of esters is 1.